The van der Waals surface area contributed by atoms with Gasteiger partial charge in [0.1, 0.15) is 0 Å². The Labute approximate surface area is 129 Å². The number of barbiturate groups is 1. The topological polar surface area (TPSA) is 90.5 Å². The number of nitrogens with one attached hydrogen (secondary N) is 3. The number of anilines is 2. The van der Waals surface area contributed by atoms with E-state index >= 15 is 0 Å². The van der Waals surface area contributed by atoms with Gasteiger partial charge in [-0.2, -0.15) is 0 Å². The molecule has 2 aliphatic rings. The number of hydrogen-bond donors (Lipinski definition) is 3. The first-order valence-corrected chi connectivity index (χ1v) is 6.74. The SMILES string of the molecule is CN1CC2(Nc3cc(Cl)c(Cl)cc31)C(=O)NC(=O)NC2=O. The van der Waals surface area contributed by atoms with Crippen LogP contribution >= 0.6 is 23.2 Å². The Morgan fingerprint density at radius 3 is 2.29 bits per heavy atom. The van der Waals surface area contributed by atoms with Gasteiger partial charge < -0.3 is 10.2 Å². The zero-order valence-corrected chi connectivity index (χ0v) is 12.3. The van der Waals surface area contributed by atoms with Crippen LogP contribution in [0.3, 0.4) is 0 Å². The minimum atomic E-state index is -1.59. The van der Waals surface area contributed by atoms with E-state index in [1.165, 1.54) is 6.07 Å². The number of nitrogens with zero attached hydrogens (tertiary/aromatic N) is 1. The number of rotatable bonds is 0. The van der Waals surface area contributed by atoms with Crippen molar-refractivity contribution < 1.29 is 14.4 Å². The summed E-state index contributed by atoms with van der Waals surface area (Å²) >= 11 is 11.9. The highest BCUT2D eigenvalue weighted by atomic mass is 35.5. The van der Waals surface area contributed by atoms with Crippen molar-refractivity contribution >= 4 is 52.4 Å². The van der Waals surface area contributed by atoms with Crippen LogP contribution in [0.1, 0.15) is 0 Å². The molecule has 4 amide bonds. The maximum atomic E-state index is 12.2. The highest BCUT2D eigenvalue weighted by molar-refractivity contribution is 6.42. The van der Waals surface area contributed by atoms with Gasteiger partial charge in [0, 0.05) is 7.05 Å². The summed E-state index contributed by atoms with van der Waals surface area (Å²) in [4.78, 5) is 37.2. The summed E-state index contributed by atoms with van der Waals surface area (Å²) in [6, 6.07) is 2.34. The fraction of sp³-hybridized carbons (Fsp3) is 0.250. The Kier molecular flexibility index (Phi) is 3.00. The number of fused-ring (bicyclic) bond motifs is 1. The second-order valence-corrected chi connectivity index (χ2v) is 5.72. The molecule has 0 atom stereocenters. The lowest BCUT2D eigenvalue weighted by Gasteiger charge is -2.43. The van der Waals surface area contributed by atoms with E-state index in [-0.39, 0.29) is 6.54 Å². The zero-order chi connectivity index (χ0) is 15.4. The molecule has 1 fully saturated rings. The van der Waals surface area contributed by atoms with Gasteiger partial charge >= 0.3 is 6.03 Å². The van der Waals surface area contributed by atoms with Crippen LogP contribution in [0, 0.1) is 0 Å². The number of likely N-dealkylation sites (N-methyl/N-ethyl adjacent to an activating group) is 1. The van der Waals surface area contributed by atoms with Gasteiger partial charge in [-0.15, -0.1) is 0 Å². The maximum absolute atomic E-state index is 12.2. The van der Waals surface area contributed by atoms with E-state index in [1.807, 2.05) is 0 Å². The van der Waals surface area contributed by atoms with Gasteiger partial charge in [-0.25, -0.2) is 4.79 Å². The Morgan fingerprint density at radius 1 is 1.10 bits per heavy atom. The van der Waals surface area contributed by atoms with E-state index in [0.29, 0.717) is 21.4 Å². The number of benzene rings is 1. The summed E-state index contributed by atoms with van der Waals surface area (Å²) in [5.41, 5.74) is -0.405. The normalized spacial score (nSPS) is 19.8. The first-order chi connectivity index (χ1) is 9.83. The van der Waals surface area contributed by atoms with Gasteiger partial charge in [0.25, 0.3) is 11.8 Å². The van der Waals surface area contributed by atoms with Crippen molar-refractivity contribution in [3.05, 3.63) is 22.2 Å². The molecule has 0 aliphatic carbocycles. The van der Waals surface area contributed by atoms with Crippen LogP contribution in [0.2, 0.25) is 10.0 Å². The summed E-state index contributed by atoms with van der Waals surface area (Å²) in [7, 11) is 1.71. The molecule has 2 aliphatic heterocycles. The van der Waals surface area contributed by atoms with Crippen molar-refractivity contribution in [1.29, 1.82) is 0 Å². The van der Waals surface area contributed by atoms with E-state index in [9.17, 15) is 14.4 Å². The van der Waals surface area contributed by atoms with Crippen molar-refractivity contribution in [2.24, 2.45) is 0 Å². The second kappa shape index (κ2) is 4.51. The summed E-state index contributed by atoms with van der Waals surface area (Å²) < 4.78 is 0. The van der Waals surface area contributed by atoms with Crippen LogP contribution < -0.4 is 20.9 Å². The lowest BCUT2D eigenvalue weighted by molar-refractivity contribution is -0.136. The minimum absolute atomic E-state index is 0.0446. The van der Waals surface area contributed by atoms with Crippen LogP contribution in [0.4, 0.5) is 16.2 Å². The number of imide groups is 2. The number of urea groups is 1. The number of amides is 4. The molecule has 3 N–H and O–H groups in total. The van der Waals surface area contributed by atoms with Crippen LogP contribution in [0.5, 0.6) is 0 Å². The third kappa shape index (κ3) is 2.00. The fourth-order valence-electron chi connectivity index (χ4n) is 2.47. The Bertz CT molecular complexity index is 671. The lowest BCUT2D eigenvalue weighted by Crippen LogP contribution is -2.74. The molecule has 0 unspecified atom stereocenters. The van der Waals surface area contributed by atoms with Gasteiger partial charge in [0.05, 0.1) is 28.0 Å². The van der Waals surface area contributed by atoms with E-state index in [2.05, 4.69) is 16.0 Å². The lowest BCUT2D eigenvalue weighted by atomic mass is 9.91. The van der Waals surface area contributed by atoms with Gasteiger partial charge in [-0.3, -0.25) is 20.2 Å². The third-order valence-electron chi connectivity index (χ3n) is 3.50. The molecule has 2 heterocycles. The largest absolute Gasteiger partial charge is 0.369 e. The van der Waals surface area contributed by atoms with E-state index in [1.54, 1.807) is 18.0 Å². The summed E-state index contributed by atoms with van der Waals surface area (Å²) in [6.07, 6.45) is 0. The quantitative estimate of drug-likeness (QED) is 0.617. The van der Waals surface area contributed by atoms with Crippen LogP contribution in [-0.4, -0.2) is 37.0 Å². The Morgan fingerprint density at radius 2 is 1.67 bits per heavy atom. The molecule has 0 aromatic heterocycles. The second-order valence-electron chi connectivity index (χ2n) is 4.91. The number of carbonyl (C=O) groups is 3. The Balaban J connectivity index is 2.09. The monoisotopic (exact) mass is 328 g/mol. The minimum Gasteiger partial charge on any atom is -0.369 e. The molecule has 0 radical (unpaired) electrons. The molecule has 1 aromatic rings. The molecule has 110 valence electrons. The molecular formula is C12H10Cl2N4O3. The van der Waals surface area contributed by atoms with Crippen molar-refractivity contribution in [3.63, 3.8) is 0 Å². The molecule has 3 rings (SSSR count). The van der Waals surface area contributed by atoms with Gasteiger partial charge in [0.15, 0.2) is 0 Å². The van der Waals surface area contributed by atoms with E-state index in [0.717, 1.165) is 0 Å². The highest BCUT2D eigenvalue weighted by Crippen LogP contribution is 2.39. The third-order valence-corrected chi connectivity index (χ3v) is 4.22. The summed E-state index contributed by atoms with van der Waals surface area (Å²) in [5.74, 6) is -1.42. The first kappa shape index (κ1) is 14.0. The molecule has 1 aromatic carbocycles. The summed E-state index contributed by atoms with van der Waals surface area (Å²) in [6.45, 7) is 0.0446. The van der Waals surface area contributed by atoms with Gasteiger partial charge in [0.2, 0.25) is 5.54 Å². The summed E-state index contributed by atoms with van der Waals surface area (Å²) in [5, 5.41) is 7.71. The van der Waals surface area contributed by atoms with Crippen LogP contribution in [-0.2, 0) is 9.59 Å². The van der Waals surface area contributed by atoms with Crippen molar-refractivity contribution in [3.8, 4) is 0 Å². The molecule has 1 spiro atoms. The van der Waals surface area contributed by atoms with Crippen molar-refractivity contribution in [1.82, 2.24) is 10.6 Å². The predicted molar refractivity (Wildman–Crippen MR) is 77.8 cm³/mol. The van der Waals surface area contributed by atoms with Gasteiger partial charge in [-0.05, 0) is 12.1 Å². The van der Waals surface area contributed by atoms with Crippen molar-refractivity contribution in [2.45, 2.75) is 5.54 Å². The molecule has 0 saturated carbocycles. The van der Waals surface area contributed by atoms with Crippen LogP contribution in [0.25, 0.3) is 0 Å². The average molecular weight is 329 g/mol. The first-order valence-electron chi connectivity index (χ1n) is 5.99. The zero-order valence-electron chi connectivity index (χ0n) is 10.8. The number of hydrogen-bond acceptors (Lipinski definition) is 5. The predicted octanol–water partition coefficient (Wildman–Crippen LogP) is 0.960. The van der Waals surface area contributed by atoms with E-state index < -0.39 is 23.4 Å². The molecular weight excluding hydrogens is 319 g/mol. The number of carbonyl (C=O) groups excluding carboxylic acids is 3. The maximum Gasteiger partial charge on any atom is 0.328 e. The molecule has 9 heteroatoms. The highest BCUT2D eigenvalue weighted by Gasteiger charge is 2.53. The Hall–Kier alpha value is -1.99. The molecule has 7 nitrogen and oxygen atoms in total. The fourth-order valence-corrected chi connectivity index (χ4v) is 2.80. The van der Waals surface area contributed by atoms with E-state index in [4.69, 9.17) is 23.2 Å². The standard InChI is InChI=1S/C12H10Cl2N4O3/c1-18-4-12(9(19)15-11(21)16-10(12)20)17-7-2-5(13)6(14)3-8(7)18/h2-3,17H,4H2,1H3,(H2,15,16,19,20,21). The smallest absolute Gasteiger partial charge is 0.328 e. The van der Waals surface area contributed by atoms with Crippen molar-refractivity contribution in [2.75, 3.05) is 23.8 Å². The molecule has 21 heavy (non-hydrogen) atoms. The average Bonchev–Trinajstić information content (AvgIpc) is 2.39. The van der Waals surface area contributed by atoms with Gasteiger partial charge in [-0.1, -0.05) is 23.2 Å². The molecule has 1 saturated heterocycles. The number of halogens is 2. The van der Waals surface area contributed by atoms with Crippen LogP contribution in [0.15, 0.2) is 12.1 Å². The molecule has 0 bridgehead atoms.